The van der Waals surface area contributed by atoms with E-state index < -0.39 is 0 Å². The monoisotopic (exact) mass is 423 g/mol. The number of hydrogen-bond acceptors (Lipinski definition) is 7. The molecule has 0 aromatic carbocycles. The number of nitrogens with zero attached hydrogens (tertiary/aromatic N) is 6. The van der Waals surface area contributed by atoms with Crippen LogP contribution in [-0.2, 0) is 4.79 Å². The number of amides is 2. The Hall–Kier alpha value is -3.79. The molecule has 4 rings (SSSR count). The van der Waals surface area contributed by atoms with Gasteiger partial charge >= 0.3 is 0 Å². The molecular formula is C21H25N7O3. The summed E-state index contributed by atoms with van der Waals surface area (Å²) in [7, 11) is 3.53. The lowest BCUT2D eigenvalue weighted by Gasteiger charge is -2.35. The summed E-state index contributed by atoms with van der Waals surface area (Å²) in [5.41, 5.74) is 6.73. The van der Waals surface area contributed by atoms with Gasteiger partial charge in [0.05, 0.1) is 36.6 Å². The van der Waals surface area contributed by atoms with E-state index in [1.165, 1.54) is 0 Å². The topological polar surface area (TPSA) is 119 Å². The minimum absolute atomic E-state index is 0.111. The average molecular weight is 423 g/mol. The van der Waals surface area contributed by atoms with Crippen molar-refractivity contribution in [1.82, 2.24) is 29.8 Å². The lowest BCUT2D eigenvalue weighted by atomic mass is 10.2. The summed E-state index contributed by atoms with van der Waals surface area (Å²) in [6, 6.07) is 9.20. The molecule has 1 aliphatic heterocycles. The van der Waals surface area contributed by atoms with Crippen molar-refractivity contribution in [2.45, 2.75) is 12.8 Å². The van der Waals surface area contributed by atoms with Gasteiger partial charge in [-0.1, -0.05) is 0 Å². The Balaban J connectivity index is 0.000000858. The number of hydrazine groups is 1. The van der Waals surface area contributed by atoms with Gasteiger partial charge in [-0.2, -0.15) is 5.10 Å². The van der Waals surface area contributed by atoms with Crippen LogP contribution in [0.5, 0.6) is 5.75 Å². The Morgan fingerprint density at radius 3 is 2.58 bits per heavy atom. The van der Waals surface area contributed by atoms with Crippen LogP contribution in [0.4, 0.5) is 0 Å². The van der Waals surface area contributed by atoms with E-state index in [0.717, 1.165) is 30.8 Å². The maximum atomic E-state index is 13.1. The summed E-state index contributed by atoms with van der Waals surface area (Å²) in [5.74, 6) is 0.557. The minimum atomic E-state index is -0.111. The lowest BCUT2D eigenvalue weighted by Crippen LogP contribution is -2.48. The summed E-state index contributed by atoms with van der Waals surface area (Å²) in [6.45, 7) is 1.56. The second-order valence-corrected chi connectivity index (χ2v) is 6.77. The van der Waals surface area contributed by atoms with Crippen LogP contribution in [0.1, 0.15) is 23.3 Å². The van der Waals surface area contributed by atoms with E-state index in [0.29, 0.717) is 23.7 Å². The number of hydrogen-bond donors (Lipinski definition) is 1. The number of pyridine rings is 2. The minimum Gasteiger partial charge on any atom is -0.495 e. The number of nitrogens with two attached hydrogens (primary N) is 1. The number of ether oxygens (including phenoxy) is 1. The van der Waals surface area contributed by atoms with Gasteiger partial charge in [-0.25, -0.2) is 9.69 Å². The van der Waals surface area contributed by atoms with Gasteiger partial charge in [0.15, 0.2) is 5.69 Å². The van der Waals surface area contributed by atoms with Crippen LogP contribution in [0.2, 0.25) is 0 Å². The van der Waals surface area contributed by atoms with Gasteiger partial charge in [0.1, 0.15) is 5.75 Å². The molecule has 0 saturated carbocycles. The maximum Gasteiger partial charge on any atom is 0.288 e. The first-order valence-corrected chi connectivity index (χ1v) is 9.78. The molecule has 3 aromatic heterocycles. The molecule has 1 fully saturated rings. The quantitative estimate of drug-likeness (QED) is 0.632. The molecular weight excluding hydrogens is 398 g/mol. The third kappa shape index (κ3) is 5.04. The molecule has 0 radical (unpaired) electrons. The van der Waals surface area contributed by atoms with Crippen molar-refractivity contribution in [1.29, 1.82) is 0 Å². The maximum absolute atomic E-state index is 13.1. The van der Waals surface area contributed by atoms with Crippen LogP contribution >= 0.6 is 0 Å². The summed E-state index contributed by atoms with van der Waals surface area (Å²) in [5, 5.41) is 8.31. The van der Waals surface area contributed by atoms with Gasteiger partial charge < -0.3 is 10.5 Å². The zero-order chi connectivity index (χ0) is 22.2. The molecule has 1 aliphatic rings. The van der Waals surface area contributed by atoms with E-state index in [4.69, 9.17) is 9.53 Å². The molecule has 0 aliphatic carbocycles. The molecule has 4 heterocycles. The summed E-state index contributed by atoms with van der Waals surface area (Å²) in [6.07, 6.45) is 7.39. The summed E-state index contributed by atoms with van der Waals surface area (Å²) >= 11 is 0. The fourth-order valence-electron chi connectivity index (χ4n) is 3.28. The predicted octanol–water partition coefficient (Wildman–Crippen LogP) is 1.52. The van der Waals surface area contributed by atoms with Crippen LogP contribution in [0.15, 0.2) is 48.9 Å². The molecule has 0 atom stereocenters. The SMILES string of the molecule is COc1ccc(-c2cc(C(=O)N3CCCCN3C)nn2-c2cccnc2)nc1.NC=O. The van der Waals surface area contributed by atoms with E-state index in [9.17, 15) is 4.79 Å². The Morgan fingerprint density at radius 1 is 1.19 bits per heavy atom. The number of carbonyl (C=O) groups is 2. The van der Waals surface area contributed by atoms with E-state index in [1.807, 2.05) is 36.3 Å². The Bertz CT molecular complexity index is 1010. The average Bonchev–Trinajstić information content (AvgIpc) is 3.26. The van der Waals surface area contributed by atoms with Crippen molar-refractivity contribution >= 4 is 12.3 Å². The smallest absolute Gasteiger partial charge is 0.288 e. The molecule has 2 amide bonds. The standard InChI is InChI=1S/C20H22N6O2.CH3NO/c1-24-10-3-4-11-25(24)20(27)18-12-19(17-8-7-16(28-2)14-22-17)26(23-18)15-6-5-9-21-13-15;2-1-3/h5-9,12-14H,3-4,10-11H2,1-2H3;1H,(H2,2,3). The molecule has 0 bridgehead atoms. The van der Waals surface area contributed by atoms with Gasteiger partial charge in [0.25, 0.3) is 5.91 Å². The Morgan fingerprint density at radius 2 is 1.97 bits per heavy atom. The molecule has 10 nitrogen and oxygen atoms in total. The van der Waals surface area contributed by atoms with Gasteiger partial charge in [-0.05, 0) is 43.2 Å². The number of methoxy groups -OCH3 is 1. The molecule has 10 heteroatoms. The summed E-state index contributed by atoms with van der Waals surface area (Å²) in [4.78, 5) is 30.3. The number of primary amides is 1. The fraction of sp³-hybridized carbons (Fsp3) is 0.286. The highest BCUT2D eigenvalue weighted by Gasteiger charge is 2.26. The molecule has 31 heavy (non-hydrogen) atoms. The fourth-order valence-corrected chi connectivity index (χ4v) is 3.28. The zero-order valence-corrected chi connectivity index (χ0v) is 17.5. The first-order valence-electron chi connectivity index (χ1n) is 9.78. The van der Waals surface area contributed by atoms with Crippen molar-refractivity contribution in [3.05, 3.63) is 54.6 Å². The second kappa shape index (κ2) is 10.3. The van der Waals surface area contributed by atoms with Crippen LogP contribution in [0.3, 0.4) is 0 Å². The van der Waals surface area contributed by atoms with Gasteiger partial charge in [0, 0.05) is 26.3 Å². The van der Waals surface area contributed by atoms with E-state index >= 15 is 0 Å². The third-order valence-electron chi connectivity index (χ3n) is 4.80. The number of aromatic nitrogens is 4. The molecule has 3 aromatic rings. The Kier molecular flexibility index (Phi) is 7.28. The molecule has 0 spiro atoms. The van der Waals surface area contributed by atoms with Crippen molar-refractivity contribution in [3.63, 3.8) is 0 Å². The van der Waals surface area contributed by atoms with E-state index in [-0.39, 0.29) is 12.3 Å². The van der Waals surface area contributed by atoms with Gasteiger partial charge in [-0.15, -0.1) is 0 Å². The molecule has 0 unspecified atom stereocenters. The van der Waals surface area contributed by atoms with Crippen molar-refractivity contribution in [3.8, 4) is 22.8 Å². The third-order valence-corrected chi connectivity index (χ3v) is 4.80. The first kappa shape index (κ1) is 21.9. The Labute approximate surface area is 180 Å². The zero-order valence-electron chi connectivity index (χ0n) is 17.5. The van der Waals surface area contributed by atoms with Crippen molar-refractivity contribution in [2.24, 2.45) is 5.73 Å². The highest BCUT2D eigenvalue weighted by molar-refractivity contribution is 5.93. The van der Waals surface area contributed by atoms with Crippen molar-refractivity contribution < 1.29 is 14.3 Å². The highest BCUT2D eigenvalue weighted by atomic mass is 16.5. The van der Waals surface area contributed by atoms with E-state index in [2.05, 4.69) is 20.8 Å². The molecule has 1 saturated heterocycles. The van der Waals surface area contributed by atoms with Crippen LogP contribution in [-0.4, -0.2) is 69.3 Å². The molecule has 162 valence electrons. The lowest BCUT2D eigenvalue weighted by molar-refractivity contribution is -0.106. The largest absolute Gasteiger partial charge is 0.495 e. The number of rotatable bonds is 4. The predicted molar refractivity (Wildman–Crippen MR) is 114 cm³/mol. The normalized spacial score (nSPS) is 13.8. The van der Waals surface area contributed by atoms with Crippen LogP contribution in [0, 0.1) is 0 Å². The van der Waals surface area contributed by atoms with Crippen LogP contribution < -0.4 is 10.5 Å². The van der Waals surface area contributed by atoms with Gasteiger partial charge in [-0.3, -0.25) is 24.6 Å². The molecule has 2 N–H and O–H groups in total. The van der Waals surface area contributed by atoms with Crippen LogP contribution in [0.25, 0.3) is 17.1 Å². The first-order chi connectivity index (χ1) is 15.1. The van der Waals surface area contributed by atoms with Gasteiger partial charge in [0.2, 0.25) is 6.41 Å². The highest BCUT2D eigenvalue weighted by Crippen LogP contribution is 2.25. The van der Waals surface area contributed by atoms with Crippen molar-refractivity contribution in [2.75, 3.05) is 27.2 Å². The summed E-state index contributed by atoms with van der Waals surface area (Å²) < 4.78 is 6.90. The van der Waals surface area contributed by atoms with E-state index in [1.54, 1.807) is 41.5 Å². The number of carbonyl (C=O) groups excluding carboxylic acids is 2. The second-order valence-electron chi connectivity index (χ2n) is 6.77.